The van der Waals surface area contributed by atoms with Crippen molar-refractivity contribution < 1.29 is 14.6 Å². The number of ether oxygens (including phenoxy) is 1. The van der Waals surface area contributed by atoms with Crippen LogP contribution in [-0.4, -0.2) is 59.3 Å². The third-order valence-corrected chi connectivity index (χ3v) is 5.27. The highest BCUT2D eigenvalue weighted by Crippen LogP contribution is 2.51. The SMILES string of the molecule is Cc1cccc(C(=O)N2CCC3(CC2)C(O)CC3OCCN)n1. The van der Waals surface area contributed by atoms with Gasteiger partial charge in [-0.2, -0.15) is 0 Å². The number of nitrogens with two attached hydrogens (primary N) is 1. The van der Waals surface area contributed by atoms with Gasteiger partial charge < -0.3 is 20.5 Å². The van der Waals surface area contributed by atoms with Crippen molar-refractivity contribution in [3.8, 4) is 0 Å². The highest BCUT2D eigenvalue weighted by molar-refractivity contribution is 5.92. The minimum Gasteiger partial charge on any atom is -0.392 e. The van der Waals surface area contributed by atoms with Crippen molar-refractivity contribution in [1.82, 2.24) is 9.88 Å². The van der Waals surface area contributed by atoms with Crippen LogP contribution in [0.4, 0.5) is 0 Å². The average Bonchev–Trinajstić information content (AvgIpc) is 2.58. The maximum atomic E-state index is 12.6. The van der Waals surface area contributed by atoms with Gasteiger partial charge in [-0.3, -0.25) is 4.79 Å². The van der Waals surface area contributed by atoms with Crippen molar-refractivity contribution >= 4 is 5.91 Å². The molecule has 2 heterocycles. The molecule has 0 radical (unpaired) electrons. The topological polar surface area (TPSA) is 88.7 Å². The number of piperidine rings is 1. The molecule has 23 heavy (non-hydrogen) atoms. The summed E-state index contributed by atoms with van der Waals surface area (Å²) in [5.41, 5.74) is 6.63. The zero-order valence-electron chi connectivity index (χ0n) is 13.6. The van der Waals surface area contributed by atoms with E-state index >= 15 is 0 Å². The lowest BCUT2D eigenvalue weighted by Gasteiger charge is -2.56. The number of aliphatic hydroxyl groups is 1. The Morgan fingerprint density at radius 2 is 2.22 bits per heavy atom. The summed E-state index contributed by atoms with van der Waals surface area (Å²) in [6.07, 6.45) is 1.94. The molecule has 1 amide bonds. The number of aliphatic hydroxyl groups excluding tert-OH is 1. The molecule has 126 valence electrons. The molecule has 2 fully saturated rings. The van der Waals surface area contributed by atoms with Gasteiger partial charge in [-0.25, -0.2) is 4.98 Å². The summed E-state index contributed by atoms with van der Waals surface area (Å²) in [4.78, 5) is 18.7. The van der Waals surface area contributed by atoms with Crippen LogP contribution in [0.25, 0.3) is 0 Å². The quantitative estimate of drug-likeness (QED) is 0.854. The molecule has 1 aromatic rings. The molecule has 1 saturated heterocycles. The van der Waals surface area contributed by atoms with E-state index in [-0.39, 0.29) is 23.5 Å². The molecule has 2 unspecified atom stereocenters. The minimum atomic E-state index is -0.334. The van der Waals surface area contributed by atoms with Crippen molar-refractivity contribution in [3.05, 3.63) is 29.6 Å². The number of pyridine rings is 1. The normalized spacial score (nSPS) is 26.1. The van der Waals surface area contributed by atoms with E-state index in [0.717, 1.165) is 18.5 Å². The zero-order chi connectivity index (χ0) is 16.4. The van der Waals surface area contributed by atoms with Crippen molar-refractivity contribution in [3.63, 3.8) is 0 Å². The second kappa shape index (κ2) is 6.55. The van der Waals surface area contributed by atoms with Crippen molar-refractivity contribution in [2.45, 2.75) is 38.4 Å². The first kappa shape index (κ1) is 16.4. The van der Waals surface area contributed by atoms with E-state index in [0.29, 0.717) is 38.4 Å². The molecule has 6 nitrogen and oxygen atoms in total. The zero-order valence-corrected chi connectivity index (χ0v) is 13.6. The molecule has 3 rings (SSSR count). The van der Waals surface area contributed by atoms with Crippen LogP contribution in [0.5, 0.6) is 0 Å². The summed E-state index contributed by atoms with van der Waals surface area (Å²) >= 11 is 0. The predicted molar refractivity (Wildman–Crippen MR) is 86.0 cm³/mol. The third kappa shape index (κ3) is 2.98. The van der Waals surface area contributed by atoms with Crippen molar-refractivity contribution in [2.24, 2.45) is 11.1 Å². The number of carbonyl (C=O) groups excluding carboxylic acids is 1. The van der Waals surface area contributed by atoms with Crippen LogP contribution >= 0.6 is 0 Å². The smallest absolute Gasteiger partial charge is 0.272 e. The van der Waals surface area contributed by atoms with Crippen LogP contribution in [0, 0.1) is 12.3 Å². The molecule has 2 aliphatic rings. The van der Waals surface area contributed by atoms with E-state index in [4.69, 9.17) is 10.5 Å². The van der Waals surface area contributed by atoms with Crippen LogP contribution in [0.15, 0.2) is 18.2 Å². The summed E-state index contributed by atoms with van der Waals surface area (Å²) in [5.74, 6) is -0.0308. The number of aryl methyl sites for hydroxylation is 1. The predicted octanol–water partition coefficient (Wildman–Crippen LogP) is 0.721. The van der Waals surface area contributed by atoms with Gasteiger partial charge in [-0.1, -0.05) is 6.07 Å². The van der Waals surface area contributed by atoms with Crippen LogP contribution in [0.3, 0.4) is 0 Å². The second-order valence-electron chi connectivity index (χ2n) is 6.59. The van der Waals surface area contributed by atoms with E-state index in [1.165, 1.54) is 0 Å². The Kier molecular flexibility index (Phi) is 4.66. The van der Waals surface area contributed by atoms with E-state index in [2.05, 4.69) is 4.98 Å². The van der Waals surface area contributed by atoms with Crippen molar-refractivity contribution in [1.29, 1.82) is 0 Å². The van der Waals surface area contributed by atoms with Gasteiger partial charge in [0, 0.05) is 37.2 Å². The van der Waals surface area contributed by atoms with E-state index in [9.17, 15) is 9.90 Å². The summed E-state index contributed by atoms with van der Waals surface area (Å²) in [5, 5.41) is 10.2. The Hall–Kier alpha value is -1.50. The summed E-state index contributed by atoms with van der Waals surface area (Å²) in [6, 6.07) is 5.49. The largest absolute Gasteiger partial charge is 0.392 e. The number of hydrogen-bond donors (Lipinski definition) is 2. The fourth-order valence-electron chi connectivity index (χ4n) is 3.78. The molecule has 0 aromatic carbocycles. The molecule has 1 aliphatic heterocycles. The van der Waals surface area contributed by atoms with Gasteiger partial charge in [0.1, 0.15) is 5.69 Å². The Bertz CT molecular complexity index is 570. The Morgan fingerprint density at radius 3 is 2.83 bits per heavy atom. The summed E-state index contributed by atoms with van der Waals surface area (Å²) < 4.78 is 5.79. The first-order valence-corrected chi connectivity index (χ1v) is 8.29. The van der Waals surface area contributed by atoms with E-state index in [1.54, 1.807) is 6.07 Å². The lowest BCUT2D eigenvalue weighted by atomic mass is 9.58. The Morgan fingerprint density at radius 1 is 1.48 bits per heavy atom. The summed E-state index contributed by atoms with van der Waals surface area (Å²) in [6.45, 7) is 4.16. The number of aromatic nitrogens is 1. The lowest BCUT2D eigenvalue weighted by Crippen LogP contribution is -2.63. The Labute approximate surface area is 136 Å². The lowest BCUT2D eigenvalue weighted by molar-refractivity contribution is -0.208. The molecule has 1 aliphatic carbocycles. The fourth-order valence-corrected chi connectivity index (χ4v) is 3.78. The van der Waals surface area contributed by atoms with Gasteiger partial charge in [-0.15, -0.1) is 0 Å². The number of amides is 1. The highest BCUT2D eigenvalue weighted by atomic mass is 16.5. The van der Waals surface area contributed by atoms with E-state index < -0.39 is 0 Å². The van der Waals surface area contributed by atoms with Gasteiger partial charge in [0.25, 0.3) is 5.91 Å². The molecule has 2 atom stereocenters. The molecule has 1 saturated carbocycles. The molecule has 0 bridgehead atoms. The van der Waals surface area contributed by atoms with Gasteiger partial charge in [0.05, 0.1) is 18.8 Å². The molecular formula is C17H25N3O3. The molecule has 1 aromatic heterocycles. The third-order valence-electron chi connectivity index (χ3n) is 5.27. The molecule has 6 heteroatoms. The molecule has 1 spiro atoms. The van der Waals surface area contributed by atoms with Gasteiger partial charge in [0.2, 0.25) is 0 Å². The number of carbonyl (C=O) groups is 1. The molecule has 3 N–H and O–H groups in total. The maximum absolute atomic E-state index is 12.6. The number of rotatable bonds is 4. The summed E-state index contributed by atoms with van der Waals surface area (Å²) in [7, 11) is 0. The average molecular weight is 319 g/mol. The second-order valence-corrected chi connectivity index (χ2v) is 6.59. The fraction of sp³-hybridized carbons (Fsp3) is 0.647. The number of nitrogens with zero attached hydrogens (tertiary/aromatic N) is 2. The Balaban J connectivity index is 1.63. The maximum Gasteiger partial charge on any atom is 0.272 e. The van der Waals surface area contributed by atoms with Crippen LogP contribution in [-0.2, 0) is 4.74 Å². The van der Waals surface area contributed by atoms with Crippen molar-refractivity contribution in [2.75, 3.05) is 26.2 Å². The standard InChI is InChI=1S/C17H25N3O3/c1-12-3-2-4-13(19-12)16(22)20-8-5-17(6-9-20)14(21)11-15(17)23-10-7-18/h2-4,14-15,21H,5-11,18H2,1H3. The number of likely N-dealkylation sites (tertiary alicyclic amines) is 1. The van der Waals surface area contributed by atoms with Gasteiger partial charge in [0.15, 0.2) is 0 Å². The van der Waals surface area contributed by atoms with Crippen LogP contribution in [0.2, 0.25) is 0 Å². The first-order valence-electron chi connectivity index (χ1n) is 8.29. The monoisotopic (exact) mass is 319 g/mol. The molecular weight excluding hydrogens is 294 g/mol. The van der Waals surface area contributed by atoms with Crippen LogP contribution in [0.1, 0.15) is 35.4 Å². The minimum absolute atomic E-state index is 0.0308. The number of hydrogen-bond acceptors (Lipinski definition) is 5. The highest BCUT2D eigenvalue weighted by Gasteiger charge is 2.56. The van der Waals surface area contributed by atoms with Gasteiger partial charge >= 0.3 is 0 Å². The van der Waals surface area contributed by atoms with Gasteiger partial charge in [-0.05, 0) is 31.9 Å². The van der Waals surface area contributed by atoms with E-state index in [1.807, 2.05) is 24.0 Å². The van der Waals surface area contributed by atoms with Crippen LogP contribution < -0.4 is 5.73 Å². The first-order chi connectivity index (χ1) is 11.1.